The lowest BCUT2D eigenvalue weighted by Crippen LogP contribution is -2.39. The third-order valence-corrected chi connectivity index (χ3v) is 4.83. The van der Waals surface area contributed by atoms with Crippen LogP contribution in [0, 0.1) is 0 Å². The lowest BCUT2D eigenvalue weighted by molar-refractivity contribution is -0.140. The molecule has 0 aliphatic heterocycles. The highest BCUT2D eigenvalue weighted by Gasteiger charge is 2.35. The number of halogens is 3. The molecule has 3 rings (SSSR count). The molecule has 0 fully saturated rings. The number of fused-ring (bicyclic) bond motifs is 1. The van der Waals surface area contributed by atoms with Crippen LogP contribution in [0.3, 0.4) is 0 Å². The molecule has 1 aromatic carbocycles. The van der Waals surface area contributed by atoms with Gasteiger partial charge < -0.3 is 9.32 Å². The molecular weight excluding hydrogens is 391 g/mol. The van der Waals surface area contributed by atoms with Crippen LogP contribution in [0.5, 0.6) is 0 Å². The molecule has 28 heavy (non-hydrogen) atoms. The van der Waals surface area contributed by atoms with E-state index in [0.717, 1.165) is 4.90 Å². The van der Waals surface area contributed by atoms with Gasteiger partial charge in [0.15, 0.2) is 10.9 Å². The number of hydrogen-bond acceptors (Lipinski definition) is 5. The van der Waals surface area contributed by atoms with E-state index in [4.69, 9.17) is 4.42 Å². The number of rotatable bonds is 7. The second-order valence-corrected chi connectivity index (χ2v) is 7.01. The minimum atomic E-state index is -4.48. The van der Waals surface area contributed by atoms with Gasteiger partial charge in [-0.15, -0.1) is 0 Å². The van der Waals surface area contributed by atoms with Crippen LogP contribution in [0.1, 0.15) is 29.5 Å². The Kier molecular flexibility index (Phi) is 6.23. The fourth-order valence-electron chi connectivity index (χ4n) is 2.79. The number of carbonyl (C=O) groups excluding carboxylic acids is 1. The van der Waals surface area contributed by atoms with E-state index in [9.17, 15) is 18.0 Å². The lowest BCUT2D eigenvalue weighted by atomic mass is 10.1. The standard InChI is InChI=1S/C19H18F3N3O2S/c1-2-10-25(12-19(20,21)22)17(26)16-14(11-28-18-23-8-5-9-24-18)13-6-3-4-7-15(13)27-16/h3-9H,2,10-12H2,1H3. The number of hydrogen-bond donors (Lipinski definition) is 0. The summed E-state index contributed by atoms with van der Waals surface area (Å²) in [6.45, 7) is 0.396. The van der Waals surface area contributed by atoms with Crippen molar-refractivity contribution in [3.63, 3.8) is 0 Å². The van der Waals surface area contributed by atoms with E-state index in [2.05, 4.69) is 9.97 Å². The third kappa shape index (κ3) is 4.83. The minimum Gasteiger partial charge on any atom is -0.451 e. The molecule has 0 saturated carbocycles. The van der Waals surface area contributed by atoms with E-state index in [0.29, 0.717) is 33.9 Å². The van der Waals surface area contributed by atoms with E-state index in [1.807, 2.05) is 0 Å². The molecule has 148 valence electrons. The summed E-state index contributed by atoms with van der Waals surface area (Å²) in [5, 5.41) is 1.20. The third-order valence-electron chi connectivity index (χ3n) is 3.93. The number of aromatic nitrogens is 2. The predicted octanol–water partition coefficient (Wildman–Crippen LogP) is 4.93. The van der Waals surface area contributed by atoms with Crippen molar-refractivity contribution >= 4 is 28.6 Å². The Hall–Kier alpha value is -2.55. The van der Waals surface area contributed by atoms with Gasteiger partial charge in [-0.05, 0) is 18.6 Å². The Morgan fingerprint density at radius 3 is 2.57 bits per heavy atom. The maximum Gasteiger partial charge on any atom is 0.406 e. The first kappa shape index (κ1) is 20.2. The Bertz CT molecular complexity index is 944. The van der Waals surface area contributed by atoms with Crippen LogP contribution in [0.25, 0.3) is 11.0 Å². The molecule has 2 heterocycles. The Morgan fingerprint density at radius 1 is 1.18 bits per heavy atom. The van der Waals surface area contributed by atoms with Crippen molar-refractivity contribution < 1.29 is 22.4 Å². The van der Waals surface area contributed by atoms with Crippen LogP contribution in [0.2, 0.25) is 0 Å². The smallest absolute Gasteiger partial charge is 0.406 e. The Morgan fingerprint density at radius 2 is 1.89 bits per heavy atom. The van der Waals surface area contributed by atoms with Gasteiger partial charge in [-0.2, -0.15) is 13.2 Å². The number of furan rings is 1. The lowest BCUT2D eigenvalue weighted by Gasteiger charge is -2.22. The molecule has 0 aliphatic carbocycles. The molecule has 0 spiro atoms. The minimum absolute atomic E-state index is 0.0102. The summed E-state index contributed by atoms with van der Waals surface area (Å²) in [5.41, 5.74) is 1.00. The molecule has 2 aromatic heterocycles. The van der Waals surface area contributed by atoms with Gasteiger partial charge in [-0.1, -0.05) is 36.9 Å². The molecule has 0 atom stereocenters. The number of benzene rings is 1. The summed E-state index contributed by atoms with van der Waals surface area (Å²) < 4.78 is 44.5. The van der Waals surface area contributed by atoms with Crippen molar-refractivity contribution in [2.24, 2.45) is 0 Å². The van der Waals surface area contributed by atoms with Crippen molar-refractivity contribution in [3.8, 4) is 0 Å². The van der Waals surface area contributed by atoms with Gasteiger partial charge in [0.25, 0.3) is 5.91 Å². The molecular formula is C19H18F3N3O2S. The summed E-state index contributed by atoms with van der Waals surface area (Å²) in [6.07, 6.45) is -0.879. The normalized spacial score (nSPS) is 11.7. The van der Waals surface area contributed by atoms with E-state index in [1.165, 1.54) is 11.8 Å². The van der Waals surface area contributed by atoms with Gasteiger partial charge in [-0.3, -0.25) is 4.79 Å². The highest BCUT2D eigenvalue weighted by atomic mass is 32.2. The van der Waals surface area contributed by atoms with Crippen LogP contribution in [-0.4, -0.2) is 40.0 Å². The van der Waals surface area contributed by atoms with Crippen molar-refractivity contribution in [3.05, 3.63) is 54.0 Å². The van der Waals surface area contributed by atoms with Crippen molar-refractivity contribution in [1.82, 2.24) is 14.9 Å². The number of thioether (sulfide) groups is 1. The second kappa shape index (κ2) is 8.64. The summed E-state index contributed by atoms with van der Waals surface area (Å²) in [6, 6.07) is 8.69. The molecule has 0 unspecified atom stereocenters. The fraction of sp³-hybridized carbons (Fsp3) is 0.316. The molecule has 5 nitrogen and oxygen atoms in total. The average Bonchev–Trinajstić information content (AvgIpc) is 3.04. The van der Waals surface area contributed by atoms with Crippen molar-refractivity contribution in [2.75, 3.05) is 13.1 Å². The van der Waals surface area contributed by atoms with Crippen LogP contribution in [-0.2, 0) is 5.75 Å². The van der Waals surface area contributed by atoms with Crippen molar-refractivity contribution in [2.45, 2.75) is 30.4 Å². The fourth-order valence-corrected chi connectivity index (χ4v) is 3.62. The number of nitrogens with zero attached hydrogens (tertiary/aromatic N) is 3. The van der Waals surface area contributed by atoms with E-state index in [1.54, 1.807) is 49.6 Å². The van der Waals surface area contributed by atoms with Gasteiger partial charge >= 0.3 is 6.18 Å². The Balaban J connectivity index is 1.95. The van der Waals surface area contributed by atoms with E-state index >= 15 is 0 Å². The monoisotopic (exact) mass is 409 g/mol. The summed E-state index contributed by atoms with van der Waals surface area (Å²) >= 11 is 1.29. The van der Waals surface area contributed by atoms with Gasteiger partial charge in [-0.25, -0.2) is 9.97 Å². The van der Waals surface area contributed by atoms with E-state index in [-0.39, 0.29) is 12.3 Å². The van der Waals surface area contributed by atoms with Crippen LogP contribution in [0.4, 0.5) is 13.2 Å². The number of para-hydroxylation sites is 1. The molecule has 9 heteroatoms. The van der Waals surface area contributed by atoms with Crippen LogP contribution >= 0.6 is 11.8 Å². The van der Waals surface area contributed by atoms with Crippen LogP contribution in [0.15, 0.2) is 52.3 Å². The first-order chi connectivity index (χ1) is 13.4. The summed E-state index contributed by atoms with van der Waals surface area (Å²) in [5.74, 6) is -0.532. The average molecular weight is 409 g/mol. The second-order valence-electron chi connectivity index (χ2n) is 6.07. The zero-order chi connectivity index (χ0) is 20.1. The molecule has 0 N–H and O–H groups in total. The summed E-state index contributed by atoms with van der Waals surface area (Å²) in [4.78, 5) is 21.9. The van der Waals surface area contributed by atoms with Gasteiger partial charge in [0.2, 0.25) is 0 Å². The molecule has 0 bridgehead atoms. The first-order valence-corrected chi connectivity index (χ1v) is 9.64. The first-order valence-electron chi connectivity index (χ1n) is 8.65. The molecule has 0 saturated heterocycles. The molecule has 0 radical (unpaired) electrons. The van der Waals surface area contributed by atoms with E-state index < -0.39 is 18.6 Å². The Labute approximate surface area is 163 Å². The number of amides is 1. The zero-order valence-electron chi connectivity index (χ0n) is 15.1. The quantitative estimate of drug-likeness (QED) is 0.409. The van der Waals surface area contributed by atoms with Gasteiger partial charge in [0, 0.05) is 35.6 Å². The highest BCUT2D eigenvalue weighted by Crippen LogP contribution is 2.32. The number of carbonyl (C=O) groups is 1. The topological polar surface area (TPSA) is 59.2 Å². The highest BCUT2D eigenvalue weighted by molar-refractivity contribution is 7.98. The van der Waals surface area contributed by atoms with Gasteiger partial charge in [0.1, 0.15) is 12.1 Å². The van der Waals surface area contributed by atoms with Crippen molar-refractivity contribution in [1.29, 1.82) is 0 Å². The molecule has 1 amide bonds. The zero-order valence-corrected chi connectivity index (χ0v) is 15.9. The maximum atomic E-state index is 12.9. The van der Waals surface area contributed by atoms with Crippen LogP contribution < -0.4 is 0 Å². The molecule has 0 aliphatic rings. The maximum absolute atomic E-state index is 12.9. The summed E-state index contributed by atoms with van der Waals surface area (Å²) in [7, 11) is 0. The number of alkyl halides is 3. The predicted molar refractivity (Wildman–Crippen MR) is 100 cm³/mol. The largest absolute Gasteiger partial charge is 0.451 e. The SMILES string of the molecule is CCCN(CC(F)(F)F)C(=O)c1oc2ccccc2c1CSc1ncccn1. The van der Waals surface area contributed by atoms with Gasteiger partial charge in [0.05, 0.1) is 0 Å². The molecule has 3 aromatic rings.